The molecule has 1 aliphatic heterocycles. The maximum Gasteiger partial charge on any atom is 0.184 e. The Morgan fingerprint density at radius 3 is 1.94 bits per heavy atom. The zero-order valence-electron chi connectivity index (χ0n) is 27.8. The standard InChI is InChI=1S/C40H37N5O5/c1-25-32(22-48-40(27-10-6-4-7-11-27,28-12-8-5-9-13-28)29-16-20-31(47-3)21-17-29)35-36(50-39(49-35)26-14-18-30(46-2)19-15-26)34(25)45-24-44-33-37(41)42-23-43-38(33)45/h4-21,23-24,32,34-36,39H,1,22H2,2-3H3,(H2,41,42,43)/t32-,34+,35+,36-,39+/m0/s1. The highest BCUT2D eigenvalue weighted by Gasteiger charge is 2.55. The molecule has 50 heavy (non-hydrogen) atoms. The van der Waals surface area contributed by atoms with Crippen LogP contribution >= 0.6 is 0 Å². The Balaban J connectivity index is 1.22. The van der Waals surface area contributed by atoms with Gasteiger partial charge in [0.25, 0.3) is 0 Å². The molecule has 2 aromatic heterocycles. The van der Waals surface area contributed by atoms with E-state index in [9.17, 15) is 0 Å². The van der Waals surface area contributed by atoms with Crippen LogP contribution in [0.1, 0.15) is 34.6 Å². The van der Waals surface area contributed by atoms with Crippen molar-refractivity contribution in [1.82, 2.24) is 19.5 Å². The molecule has 2 fully saturated rings. The second kappa shape index (κ2) is 13.1. The maximum atomic E-state index is 7.34. The Morgan fingerprint density at radius 1 is 0.740 bits per heavy atom. The molecule has 6 aromatic rings. The first kappa shape index (κ1) is 31.7. The summed E-state index contributed by atoms with van der Waals surface area (Å²) in [5, 5.41) is 0. The summed E-state index contributed by atoms with van der Waals surface area (Å²) < 4.78 is 33.8. The molecule has 1 saturated carbocycles. The molecule has 0 spiro atoms. The van der Waals surface area contributed by atoms with E-state index >= 15 is 0 Å². The summed E-state index contributed by atoms with van der Waals surface area (Å²) in [5.74, 6) is 1.55. The molecular weight excluding hydrogens is 630 g/mol. The van der Waals surface area contributed by atoms with Crippen LogP contribution in [-0.2, 0) is 19.8 Å². The predicted octanol–water partition coefficient (Wildman–Crippen LogP) is 6.64. The van der Waals surface area contributed by atoms with Crippen LogP contribution in [0.2, 0.25) is 0 Å². The minimum atomic E-state index is -0.971. The molecule has 8 rings (SSSR count). The third kappa shape index (κ3) is 5.29. The van der Waals surface area contributed by atoms with E-state index in [2.05, 4.69) is 57.9 Å². The molecule has 4 aromatic carbocycles. The Labute approximate surface area is 290 Å². The van der Waals surface area contributed by atoms with Gasteiger partial charge in [0.2, 0.25) is 0 Å². The molecule has 1 aliphatic carbocycles. The fourth-order valence-electron chi connectivity index (χ4n) is 7.36. The molecular formula is C40H37N5O5. The molecule has 5 atom stereocenters. The first-order chi connectivity index (χ1) is 24.5. The van der Waals surface area contributed by atoms with Crippen LogP contribution in [0.15, 0.2) is 134 Å². The van der Waals surface area contributed by atoms with Crippen LogP contribution in [0, 0.1) is 5.92 Å². The van der Waals surface area contributed by atoms with Crippen LogP contribution in [0.5, 0.6) is 11.5 Å². The van der Waals surface area contributed by atoms with Gasteiger partial charge in [-0.3, -0.25) is 0 Å². The molecule has 3 heterocycles. The number of anilines is 1. The highest BCUT2D eigenvalue weighted by Crippen LogP contribution is 2.52. The van der Waals surface area contributed by atoms with E-state index in [0.29, 0.717) is 17.0 Å². The third-order valence-corrected chi connectivity index (χ3v) is 9.86. The molecule has 10 heteroatoms. The molecule has 252 valence electrons. The summed E-state index contributed by atoms with van der Waals surface area (Å²) >= 11 is 0. The van der Waals surface area contributed by atoms with Crippen molar-refractivity contribution < 1.29 is 23.7 Å². The number of fused-ring (bicyclic) bond motifs is 2. The van der Waals surface area contributed by atoms with E-state index in [-0.39, 0.29) is 18.6 Å². The number of nitrogens with zero attached hydrogens (tertiary/aromatic N) is 4. The highest BCUT2D eigenvalue weighted by molar-refractivity contribution is 5.81. The number of hydrogen-bond donors (Lipinski definition) is 1. The number of imidazole rings is 1. The zero-order valence-corrected chi connectivity index (χ0v) is 27.8. The lowest BCUT2D eigenvalue weighted by Gasteiger charge is -2.37. The average Bonchev–Trinajstić information content (AvgIpc) is 3.86. The number of benzene rings is 4. The smallest absolute Gasteiger partial charge is 0.184 e. The minimum absolute atomic E-state index is 0.269. The largest absolute Gasteiger partial charge is 0.497 e. The van der Waals surface area contributed by atoms with E-state index in [1.165, 1.54) is 6.33 Å². The van der Waals surface area contributed by atoms with Gasteiger partial charge in [-0.1, -0.05) is 91.5 Å². The molecule has 10 nitrogen and oxygen atoms in total. The van der Waals surface area contributed by atoms with Crippen molar-refractivity contribution in [3.8, 4) is 11.5 Å². The quantitative estimate of drug-likeness (QED) is 0.127. The van der Waals surface area contributed by atoms with Gasteiger partial charge in [-0.15, -0.1) is 0 Å². The number of hydrogen-bond acceptors (Lipinski definition) is 9. The lowest BCUT2D eigenvalue weighted by molar-refractivity contribution is -0.0908. The van der Waals surface area contributed by atoms with Crippen molar-refractivity contribution in [2.45, 2.75) is 30.1 Å². The lowest BCUT2D eigenvalue weighted by atomic mass is 9.80. The zero-order chi connectivity index (χ0) is 34.2. The van der Waals surface area contributed by atoms with Crippen LogP contribution in [0.4, 0.5) is 5.82 Å². The van der Waals surface area contributed by atoms with Crippen molar-refractivity contribution >= 4 is 17.0 Å². The molecule has 2 aliphatic rings. The monoisotopic (exact) mass is 667 g/mol. The molecule has 0 radical (unpaired) electrons. The molecule has 0 amide bonds. The Morgan fingerprint density at radius 2 is 1.32 bits per heavy atom. The number of aromatic nitrogens is 4. The van der Waals surface area contributed by atoms with Crippen molar-refractivity contribution in [2.75, 3.05) is 26.6 Å². The average molecular weight is 668 g/mol. The van der Waals surface area contributed by atoms with Crippen LogP contribution in [0.25, 0.3) is 11.2 Å². The Kier molecular flexibility index (Phi) is 8.28. The van der Waals surface area contributed by atoms with E-state index < -0.39 is 24.1 Å². The maximum absolute atomic E-state index is 7.34. The van der Waals surface area contributed by atoms with E-state index in [1.54, 1.807) is 20.5 Å². The molecule has 0 unspecified atom stereocenters. The van der Waals surface area contributed by atoms with Gasteiger partial charge in [0.1, 0.15) is 35.0 Å². The number of ether oxygens (including phenoxy) is 5. The summed E-state index contributed by atoms with van der Waals surface area (Å²) in [6.45, 7) is 4.92. The van der Waals surface area contributed by atoms with Crippen LogP contribution in [-0.4, -0.2) is 52.6 Å². The number of methoxy groups -OCH3 is 2. The van der Waals surface area contributed by atoms with Crippen LogP contribution in [0.3, 0.4) is 0 Å². The summed E-state index contributed by atoms with van der Waals surface area (Å²) in [4.78, 5) is 13.3. The first-order valence-corrected chi connectivity index (χ1v) is 16.5. The van der Waals surface area contributed by atoms with Gasteiger partial charge < -0.3 is 34.0 Å². The fourth-order valence-corrected chi connectivity index (χ4v) is 7.36. The van der Waals surface area contributed by atoms with E-state index in [4.69, 9.17) is 29.4 Å². The van der Waals surface area contributed by atoms with Crippen molar-refractivity contribution in [3.63, 3.8) is 0 Å². The Hall–Kier alpha value is -5.55. The SMILES string of the molecule is C=C1[C@@H](n2cnc3c(N)ncnc32)[C@@H]2O[C@H](c3ccc(OC)cc3)O[C@@H]2[C@H]1COC(c1ccccc1)(c1ccccc1)c1ccc(OC)cc1. The molecule has 1 saturated heterocycles. The second-order valence-electron chi connectivity index (χ2n) is 12.5. The molecule has 2 N–H and O–H groups in total. The Bertz CT molecular complexity index is 2060. The van der Waals surface area contributed by atoms with Gasteiger partial charge in [-0.05, 0) is 46.5 Å². The van der Waals surface area contributed by atoms with Gasteiger partial charge in [-0.2, -0.15) is 0 Å². The fraction of sp³-hybridized carbons (Fsp3) is 0.225. The summed E-state index contributed by atoms with van der Waals surface area (Å²) in [6.07, 6.45) is 1.75. The van der Waals surface area contributed by atoms with Crippen LogP contribution < -0.4 is 15.2 Å². The van der Waals surface area contributed by atoms with Gasteiger partial charge in [-0.25, -0.2) is 15.0 Å². The number of nitrogens with two attached hydrogens (primary N) is 1. The van der Waals surface area contributed by atoms with Gasteiger partial charge >= 0.3 is 0 Å². The summed E-state index contributed by atoms with van der Waals surface area (Å²) in [7, 11) is 3.31. The first-order valence-electron chi connectivity index (χ1n) is 16.5. The predicted molar refractivity (Wildman–Crippen MR) is 189 cm³/mol. The van der Waals surface area contributed by atoms with E-state index in [1.807, 2.05) is 77.4 Å². The normalized spacial score (nSPS) is 21.7. The summed E-state index contributed by atoms with van der Waals surface area (Å²) in [5.41, 5.74) is 11.0. The second-order valence-corrected chi connectivity index (χ2v) is 12.5. The number of rotatable bonds is 10. The van der Waals surface area contributed by atoms with E-state index in [0.717, 1.165) is 39.3 Å². The van der Waals surface area contributed by atoms with Gasteiger partial charge in [0, 0.05) is 11.5 Å². The molecule has 0 bridgehead atoms. The lowest BCUT2D eigenvalue weighted by Crippen LogP contribution is -2.37. The van der Waals surface area contributed by atoms with Crippen molar-refractivity contribution in [1.29, 1.82) is 0 Å². The topological polar surface area (TPSA) is 116 Å². The number of nitrogen functional groups attached to an aromatic ring is 1. The van der Waals surface area contributed by atoms with Gasteiger partial charge in [0.15, 0.2) is 17.8 Å². The van der Waals surface area contributed by atoms with Gasteiger partial charge in [0.05, 0.1) is 39.3 Å². The summed E-state index contributed by atoms with van der Waals surface area (Å²) in [6, 6.07) is 36.0. The minimum Gasteiger partial charge on any atom is -0.497 e. The van der Waals surface area contributed by atoms with Crippen molar-refractivity contribution in [2.24, 2.45) is 5.92 Å². The van der Waals surface area contributed by atoms with Crippen molar-refractivity contribution in [3.05, 3.63) is 156 Å². The third-order valence-electron chi connectivity index (χ3n) is 9.86. The highest BCUT2D eigenvalue weighted by atomic mass is 16.7.